The first-order chi connectivity index (χ1) is 14.8. The molecule has 0 fully saturated rings. The molecule has 0 saturated heterocycles. The van der Waals surface area contributed by atoms with Crippen molar-refractivity contribution in [3.8, 4) is 11.5 Å². The molecule has 150 valence electrons. The van der Waals surface area contributed by atoms with Crippen molar-refractivity contribution >= 4 is 16.7 Å². The topological polar surface area (TPSA) is 67.9 Å². The summed E-state index contributed by atoms with van der Waals surface area (Å²) < 4.78 is 11.9. The number of carbonyl (C=O) groups is 1. The maximum Gasteiger partial charge on any atom is 0.226 e. The number of ether oxygens (including phenoxy) is 2. The highest BCUT2D eigenvalue weighted by Gasteiger charge is 2.30. The summed E-state index contributed by atoms with van der Waals surface area (Å²) in [6, 6.07) is 25.1. The molecule has 0 amide bonds. The summed E-state index contributed by atoms with van der Waals surface area (Å²) in [7, 11) is 0. The maximum absolute atomic E-state index is 13.6. The molecule has 30 heavy (non-hydrogen) atoms. The Morgan fingerprint density at radius 3 is 2.57 bits per heavy atom. The third-order valence-electron chi connectivity index (χ3n) is 5.50. The Morgan fingerprint density at radius 1 is 0.967 bits per heavy atom. The number of quaternary nitrogens is 1. The fourth-order valence-corrected chi connectivity index (χ4v) is 3.96. The number of para-hydroxylation sites is 3. The number of hydrogen-bond donors (Lipinski definition) is 2. The van der Waals surface area contributed by atoms with Gasteiger partial charge in [0.1, 0.15) is 13.2 Å². The van der Waals surface area contributed by atoms with Crippen molar-refractivity contribution in [1.82, 2.24) is 4.98 Å². The Balaban J connectivity index is 1.39. The molecule has 4 aromatic rings. The monoisotopic (exact) mass is 399 g/mol. The fourth-order valence-electron chi connectivity index (χ4n) is 3.96. The molecule has 1 aromatic heterocycles. The van der Waals surface area contributed by atoms with E-state index >= 15 is 0 Å². The van der Waals surface area contributed by atoms with E-state index in [1.807, 2.05) is 85.1 Å². The number of aromatic amines is 1. The quantitative estimate of drug-likeness (QED) is 0.488. The van der Waals surface area contributed by atoms with E-state index in [4.69, 9.17) is 9.47 Å². The van der Waals surface area contributed by atoms with Crippen molar-refractivity contribution in [3.63, 3.8) is 0 Å². The minimum absolute atomic E-state index is 0.0794. The molecule has 5 rings (SSSR count). The lowest BCUT2D eigenvalue weighted by Crippen LogP contribution is -2.89. The molecule has 2 heterocycles. The second kappa shape index (κ2) is 8.05. The Labute approximate surface area is 174 Å². The normalized spacial score (nSPS) is 16.3. The van der Waals surface area contributed by atoms with Crippen LogP contribution in [0.1, 0.15) is 22.0 Å². The van der Waals surface area contributed by atoms with Crippen molar-refractivity contribution in [3.05, 3.63) is 96.2 Å². The Hall–Kier alpha value is -3.57. The number of Topliss-reactive ketones (excluding diaryl/α,β-unsaturated/α-hetero) is 1. The van der Waals surface area contributed by atoms with Crippen LogP contribution in [0.25, 0.3) is 10.9 Å². The molecule has 1 aliphatic heterocycles. The number of benzene rings is 3. The third-order valence-corrected chi connectivity index (χ3v) is 5.50. The van der Waals surface area contributed by atoms with Gasteiger partial charge in [-0.1, -0.05) is 60.7 Å². The zero-order valence-corrected chi connectivity index (χ0v) is 16.5. The lowest BCUT2D eigenvalue weighted by Gasteiger charge is -2.26. The first-order valence-electron chi connectivity index (χ1n) is 10.2. The van der Waals surface area contributed by atoms with Crippen LogP contribution in [0, 0.1) is 0 Å². The summed E-state index contributed by atoms with van der Waals surface area (Å²) in [5.41, 5.74) is 2.65. The lowest BCUT2D eigenvalue weighted by molar-refractivity contribution is -0.686. The van der Waals surface area contributed by atoms with Crippen molar-refractivity contribution in [1.29, 1.82) is 0 Å². The number of nitrogens with one attached hydrogen (secondary N) is 1. The molecular weight excluding hydrogens is 376 g/mol. The van der Waals surface area contributed by atoms with Gasteiger partial charge in [0.05, 0.1) is 0 Å². The van der Waals surface area contributed by atoms with Crippen LogP contribution in [-0.4, -0.2) is 30.0 Å². The first-order valence-corrected chi connectivity index (χ1v) is 10.2. The molecule has 5 nitrogen and oxygen atoms in total. The van der Waals surface area contributed by atoms with Crippen molar-refractivity contribution in [2.24, 2.45) is 0 Å². The fraction of sp³-hybridized carbons (Fsp3) is 0.160. The van der Waals surface area contributed by atoms with Gasteiger partial charge in [-0.25, -0.2) is 0 Å². The zero-order chi connectivity index (χ0) is 20.3. The lowest BCUT2D eigenvalue weighted by atomic mass is 9.97. The highest BCUT2D eigenvalue weighted by Crippen LogP contribution is 2.30. The van der Waals surface area contributed by atoms with Gasteiger partial charge in [-0.3, -0.25) is 4.79 Å². The Morgan fingerprint density at radius 2 is 1.70 bits per heavy atom. The molecular formula is C25H23N2O3+. The van der Waals surface area contributed by atoms with Crippen LogP contribution in [0.15, 0.2) is 85.1 Å². The van der Waals surface area contributed by atoms with E-state index in [9.17, 15) is 4.79 Å². The molecule has 3 N–H and O–H groups in total. The summed E-state index contributed by atoms with van der Waals surface area (Å²) in [6.45, 7) is 1.08. The van der Waals surface area contributed by atoms with Gasteiger partial charge in [0, 0.05) is 28.2 Å². The molecule has 0 saturated carbocycles. The average molecular weight is 399 g/mol. The van der Waals surface area contributed by atoms with Crippen LogP contribution < -0.4 is 14.8 Å². The van der Waals surface area contributed by atoms with Gasteiger partial charge in [-0.2, -0.15) is 0 Å². The molecule has 5 heteroatoms. The highest BCUT2D eigenvalue weighted by atomic mass is 16.6. The van der Waals surface area contributed by atoms with Crippen molar-refractivity contribution in [2.45, 2.75) is 12.1 Å². The molecule has 0 bridgehead atoms. The predicted molar refractivity (Wildman–Crippen MR) is 115 cm³/mol. The van der Waals surface area contributed by atoms with E-state index in [1.54, 1.807) is 0 Å². The summed E-state index contributed by atoms with van der Waals surface area (Å²) in [6.07, 6.45) is 1.69. The Bertz CT molecular complexity index is 1170. The predicted octanol–water partition coefficient (Wildman–Crippen LogP) is 3.50. The number of aromatic nitrogens is 1. The molecule has 2 atom stereocenters. The van der Waals surface area contributed by atoms with Gasteiger partial charge >= 0.3 is 0 Å². The molecule has 0 radical (unpaired) electrons. The van der Waals surface area contributed by atoms with Crippen LogP contribution in [0.3, 0.4) is 0 Å². The van der Waals surface area contributed by atoms with E-state index in [2.05, 4.69) is 10.3 Å². The largest absolute Gasteiger partial charge is 0.486 e. The number of nitrogens with two attached hydrogens (primary N) is 1. The number of H-pyrrole nitrogens is 1. The third kappa shape index (κ3) is 3.55. The van der Waals surface area contributed by atoms with E-state index < -0.39 is 0 Å². The molecule has 0 unspecified atom stereocenters. The second-order valence-electron chi connectivity index (χ2n) is 7.47. The van der Waals surface area contributed by atoms with Gasteiger partial charge in [0.2, 0.25) is 5.78 Å². The number of fused-ring (bicyclic) bond motifs is 2. The van der Waals surface area contributed by atoms with Crippen LogP contribution in [-0.2, 0) is 0 Å². The van der Waals surface area contributed by atoms with Gasteiger partial charge in [0.25, 0.3) is 0 Å². The molecule has 3 aromatic carbocycles. The number of hydrogen-bond acceptors (Lipinski definition) is 3. The average Bonchev–Trinajstić information content (AvgIpc) is 3.24. The molecule has 0 aliphatic carbocycles. The molecule has 1 aliphatic rings. The second-order valence-corrected chi connectivity index (χ2v) is 7.47. The van der Waals surface area contributed by atoms with Gasteiger partial charge in [-0.05, 0) is 18.2 Å². The van der Waals surface area contributed by atoms with Crippen molar-refractivity contribution in [2.75, 3.05) is 13.2 Å². The van der Waals surface area contributed by atoms with Crippen LogP contribution >= 0.6 is 0 Å². The summed E-state index contributed by atoms with van der Waals surface area (Å²) in [5, 5.41) is 3.00. The van der Waals surface area contributed by atoms with Crippen LogP contribution in [0.4, 0.5) is 0 Å². The highest BCUT2D eigenvalue weighted by molar-refractivity contribution is 6.09. The molecule has 0 spiro atoms. The number of rotatable bonds is 6. The SMILES string of the molecule is O=C(c1c[nH]c2ccccc12)[C@@H]([NH2+]C[C@H]1COc2ccccc2O1)c1ccccc1. The number of ketones is 1. The van der Waals surface area contributed by atoms with E-state index in [1.165, 1.54) is 0 Å². The standard InChI is InChI=1S/C25H22N2O3/c28-25(20-15-26-21-11-5-4-10-19(20)21)24(17-8-2-1-3-9-17)27-14-18-16-29-22-12-6-7-13-23(22)30-18/h1-13,15,18,24,26-27H,14,16H2/p+1/t18-,24-/m0/s1. The zero-order valence-electron chi connectivity index (χ0n) is 16.5. The van der Waals surface area contributed by atoms with E-state index in [-0.39, 0.29) is 17.9 Å². The summed E-state index contributed by atoms with van der Waals surface area (Å²) in [4.78, 5) is 16.8. The van der Waals surface area contributed by atoms with Gasteiger partial charge in [-0.15, -0.1) is 0 Å². The van der Waals surface area contributed by atoms with Crippen LogP contribution in [0.5, 0.6) is 11.5 Å². The van der Waals surface area contributed by atoms with Gasteiger partial charge < -0.3 is 19.8 Å². The minimum Gasteiger partial charge on any atom is -0.486 e. The summed E-state index contributed by atoms with van der Waals surface area (Å²) in [5.74, 6) is 1.60. The first kappa shape index (κ1) is 18.5. The van der Waals surface area contributed by atoms with Crippen LogP contribution in [0.2, 0.25) is 0 Å². The summed E-state index contributed by atoms with van der Waals surface area (Å²) >= 11 is 0. The Kier molecular flexibility index (Phi) is 4.95. The number of carbonyl (C=O) groups excluding carboxylic acids is 1. The minimum atomic E-state index is -0.355. The van der Waals surface area contributed by atoms with Crippen molar-refractivity contribution < 1.29 is 19.6 Å². The van der Waals surface area contributed by atoms with E-state index in [0.717, 1.165) is 28.0 Å². The smallest absolute Gasteiger partial charge is 0.226 e. The maximum atomic E-state index is 13.6. The van der Waals surface area contributed by atoms with Gasteiger partial charge in [0.15, 0.2) is 23.6 Å². The van der Waals surface area contributed by atoms with E-state index in [0.29, 0.717) is 18.7 Å².